The Balaban J connectivity index is 1.76. The number of alkyl halides is 3. The molecule has 0 aliphatic rings. The van der Waals surface area contributed by atoms with Crippen LogP contribution >= 0.6 is 15.9 Å². The molecule has 0 unspecified atom stereocenters. The number of halogens is 4. The molecule has 0 saturated carbocycles. The number of aryl methyl sites for hydroxylation is 3. The molecule has 132 valence electrons. The molecule has 0 fully saturated rings. The average Bonchev–Trinajstić information content (AvgIpc) is 2.98. The molecule has 2 heterocycles. The fourth-order valence-corrected chi connectivity index (χ4v) is 2.42. The van der Waals surface area contributed by atoms with Crippen LogP contribution in [-0.2, 0) is 24.1 Å². The summed E-state index contributed by atoms with van der Waals surface area (Å²) in [6.45, 7) is 4.12. The van der Waals surface area contributed by atoms with Crippen molar-refractivity contribution in [2.45, 2.75) is 39.5 Å². The Labute approximate surface area is 145 Å². The summed E-state index contributed by atoms with van der Waals surface area (Å²) in [5.74, 6) is -0.210. The van der Waals surface area contributed by atoms with Gasteiger partial charge in [0.05, 0.1) is 10.2 Å². The zero-order chi connectivity index (χ0) is 17.9. The molecule has 2 aromatic heterocycles. The lowest BCUT2D eigenvalue weighted by atomic mass is 10.3. The van der Waals surface area contributed by atoms with Crippen molar-refractivity contribution < 1.29 is 18.0 Å². The summed E-state index contributed by atoms with van der Waals surface area (Å²) >= 11 is 3.31. The predicted molar refractivity (Wildman–Crippen MR) is 84.3 cm³/mol. The molecule has 1 amide bonds. The van der Waals surface area contributed by atoms with Gasteiger partial charge < -0.3 is 5.32 Å². The highest BCUT2D eigenvalue weighted by Gasteiger charge is 2.34. The second-order valence-electron chi connectivity index (χ2n) is 5.36. The Morgan fingerprint density at radius 1 is 1.33 bits per heavy atom. The Bertz CT molecular complexity index is 703. The first-order chi connectivity index (χ1) is 11.2. The zero-order valence-electron chi connectivity index (χ0n) is 13.2. The van der Waals surface area contributed by atoms with E-state index in [4.69, 9.17) is 0 Å². The Morgan fingerprint density at radius 2 is 2.04 bits per heavy atom. The molecule has 1 N–H and O–H groups in total. The summed E-state index contributed by atoms with van der Waals surface area (Å²) in [5.41, 5.74) is 0.326. The maximum atomic E-state index is 12.6. The van der Waals surface area contributed by atoms with Crippen molar-refractivity contribution >= 4 is 21.8 Å². The van der Waals surface area contributed by atoms with Gasteiger partial charge in [-0.05, 0) is 42.3 Å². The molecule has 24 heavy (non-hydrogen) atoms. The highest BCUT2D eigenvalue weighted by Crippen LogP contribution is 2.28. The van der Waals surface area contributed by atoms with Crippen molar-refractivity contribution in [3.8, 4) is 0 Å². The molecule has 0 radical (unpaired) electrons. The number of carbonyl (C=O) groups excluding carboxylic acids is 1. The molecule has 10 heteroatoms. The van der Waals surface area contributed by atoms with E-state index in [9.17, 15) is 18.0 Å². The van der Waals surface area contributed by atoms with Crippen LogP contribution in [0.25, 0.3) is 0 Å². The maximum Gasteiger partial charge on any atom is 0.435 e. The minimum absolute atomic E-state index is 0.0887. The van der Waals surface area contributed by atoms with Gasteiger partial charge in [0.1, 0.15) is 6.54 Å². The van der Waals surface area contributed by atoms with E-state index in [0.717, 1.165) is 16.2 Å². The van der Waals surface area contributed by atoms with Gasteiger partial charge in [-0.2, -0.15) is 23.4 Å². The van der Waals surface area contributed by atoms with Gasteiger partial charge in [-0.15, -0.1) is 0 Å². The first-order valence-corrected chi connectivity index (χ1v) is 8.04. The van der Waals surface area contributed by atoms with E-state index in [-0.39, 0.29) is 12.5 Å². The fourth-order valence-electron chi connectivity index (χ4n) is 2.11. The topological polar surface area (TPSA) is 64.7 Å². The molecule has 0 aliphatic heterocycles. The summed E-state index contributed by atoms with van der Waals surface area (Å²) in [5, 5.41) is 10.4. The summed E-state index contributed by atoms with van der Waals surface area (Å²) in [4.78, 5) is 11.8. The van der Waals surface area contributed by atoms with E-state index >= 15 is 0 Å². The zero-order valence-corrected chi connectivity index (χ0v) is 14.8. The number of aromatic nitrogens is 4. The Kier molecular flexibility index (Phi) is 5.68. The van der Waals surface area contributed by atoms with Crippen molar-refractivity contribution in [2.24, 2.45) is 0 Å². The van der Waals surface area contributed by atoms with E-state index in [2.05, 4.69) is 31.4 Å². The fraction of sp³-hybridized carbons (Fsp3) is 0.500. The van der Waals surface area contributed by atoms with Crippen molar-refractivity contribution in [3.05, 3.63) is 33.8 Å². The summed E-state index contributed by atoms with van der Waals surface area (Å²) in [7, 11) is 0. The molecule has 2 rings (SSSR count). The highest BCUT2D eigenvalue weighted by molar-refractivity contribution is 9.10. The summed E-state index contributed by atoms with van der Waals surface area (Å²) < 4.78 is 41.3. The normalized spacial score (nSPS) is 11.8. The summed E-state index contributed by atoms with van der Waals surface area (Å²) in [6.07, 6.45) is -2.26. The average molecular weight is 408 g/mol. The number of amides is 1. The van der Waals surface area contributed by atoms with Gasteiger partial charge in [0.2, 0.25) is 5.91 Å². The van der Waals surface area contributed by atoms with Gasteiger partial charge in [-0.1, -0.05) is 0 Å². The highest BCUT2D eigenvalue weighted by atomic mass is 79.9. The third-order valence-corrected chi connectivity index (χ3v) is 4.11. The van der Waals surface area contributed by atoms with Crippen LogP contribution in [0.1, 0.15) is 23.5 Å². The Hall–Kier alpha value is -1.84. The number of nitrogens with zero attached hydrogens (tertiary/aromatic N) is 4. The van der Waals surface area contributed by atoms with Gasteiger partial charge >= 0.3 is 6.18 Å². The van der Waals surface area contributed by atoms with Gasteiger partial charge in [0.25, 0.3) is 0 Å². The van der Waals surface area contributed by atoms with E-state index in [0.29, 0.717) is 25.2 Å². The number of hydrogen-bond acceptors (Lipinski definition) is 3. The molecule has 2 aromatic rings. The molecular formula is C14H17BrF3N5O. The van der Waals surface area contributed by atoms with Crippen molar-refractivity contribution in [2.75, 3.05) is 6.54 Å². The van der Waals surface area contributed by atoms with Gasteiger partial charge in [0, 0.05) is 25.0 Å². The lowest BCUT2D eigenvalue weighted by Gasteiger charge is -2.07. The quantitative estimate of drug-likeness (QED) is 0.748. The first-order valence-electron chi connectivity index (χ1n) is 7.24. The van der Waals surface area contributed by atoms with Crippen LogP contribution in [0.3, 0.4) is 0 Å². The van der Waals surface area contributed by atoms with Crippen LogP contribution in [0.5, 0.6) is 0 Å². The molecule has 0 saturated heterocycles. The SMILES string of the molecule is Cc1nn(CC(=O)NCCCn2nc(C(F)(F)F)cc2C)cc1Br. The molecule has 6 nitrogen and oxygen atoms in total. The van der Waals surface area contributed by atoms with Gasteiger partial charge in [0.15, 0.2) is 5.69 Å². The number of carbonyl (C=O) groups is 1. The lowest BCUT2D eigenvalue weighted by molar-refractivity contribution is -0.141. The molecule has 0 spiro atoms. The Morgan fingerprint density at radius 3 is 2.58 bits per heavy atom. The van der Waals surface area contributed by atoms with E-state index in [1.807, 2.05) is 6.92 Å². The second-order valence-corrected chi connectivity index (χ2v) is 6.21. The lowest BCUT2D eigenvalue weighted by Crippen LogP contribution is -2.29. The third kappa shape index (κ3) is 4.83. The standard InChI is InChI=1S/C14H17BrF3N5O/c1-9-6-12(14(16,17)18)21-23(9)5-3-4-19-13(24)8-22-7-11(15)10(2)20-22/h6-7H,3-5,8H2,1-2H3,(H,19,24). The monoisotopic (exact) mass is 407 g/mol. The number of nitrogens with one attached hydrogen (secondary N) is 1. The van der Waals surface area contributed by atoms with E-state index in [1.165, 1.54) is 9.36 Å². The maximum absolute atomic E-state index is 12.6. The van der Waals surface area contributed by atoms with Crippen LogP contribution in [0.15, 0.2) is 16.7 Å². The number of rotatable bonds is 6. The smallest absolute Gasteiger partial charge is 0.354 e. The second kappa shape index (κ2) is 7.37. The third-order valence-electron chi connectivity index (χ3n) is 3.33. The molecule has 0 aromatic carbocycles. The van der Waals surface area contributed by atoms with Gasteiger partial charge in [-0.25, -0.2) is 0 Å². The van der Waals surface area contributed by atoms with Crippen molar-refractivity contribution in [1.82, 2.24) is 24.9 Å². The first kappa shape index (κ1) is 18.5. The van der Waals surface area contributed by atoms with Crippen molar-refractivity contribution in [1.29, 1.82) is 0 Å². The van der Waals surface area contributed by atoms with E-state index in [1.54, 1.807) is 13.1 Å². The van der Waals surface area contributed by atoms with Crippen molar-refractivity contribution in [3.63, 3.8) is 0 Å². The van der Waals surface area contributed by atoms with Crippen LogP contribution in [-0.4, -0.2) is 32.0 Å². The minimum Gasteiger partial charge on any atom is -0.354 e. The van der Waals surface area contributed by atoms with Crippen LogP contribution in [0, 0.1) is 13.8 Å². The van der Waals surface area contributed by atoms with Gasteiger partial charge in [-0.3, -0.25) is 14.2 Å². The minimum atomic E-state index is -4.44. The van der Waals surface area contributed by atoms with E-state index < -0.39 is 11.9 Å². The summed E-state index contributed by atoms with van der Waals surface area (Å²) in [6, 6.07) is 1.01. The van der Waals surface area contributed by atoms with Crippen LogP contribution in [0.2, 0.25) is 0 Å². The molecule has 0 atom stereocenters. The number of hydrogen-bond donors (Lipinski definition) is 1. The molecule has 0 aliphatic carbocycles. The molecular weight excluding hydrogens is 391 g/mol. The predicted octanol–water partition coefficient (Wildman–Crippen LogP) is 2.68. The van der Waals surface area contributed by atoms with Crippen LogP contribution < -0.4 is 5.32 Å². The van der Waals surface area contributed by atoms with Crippen LogP contribution in [0.4, 0.5) is 13.2 Å². The molecule has 0 bridgehead atoms. The largest absolute Gasteiger partial charge is 0.435 e.